The topological polar surface area (TPSA) is 12.4 Å². The second-order valence-corrected chi connectivity index (χ2v) is 5.18. The molecule has 1 fully saturated rings. The van der Waals surface area contributed by atoms with Crippen molar-refractivity contribution in [1.29, 1.82) is 0 Å². The Morgan fingerprint density at radius 3 is 2.73 bits per heavy atom. The van der Waals surface area contributed by atoms with Crippen molar-refractivity contribution in [2.75, 3.05) is 6.26 Å². The van der Waals surface area contributed by atoms with Crippen LogP contribution in [-0.4, -0.2) is 17.3 Å². The van der Waals surface area contributed by atoms with E-state index < -0.39 is 0 Å². The van der Waals surface area contributed by atoms with Crippen LogP contribution in [0.4, 0.5) is 0 Å². The van der Waals surface area contributed by atoms with Crippen molar-refractivity contribution in [3.63, 3.8) is 0 Å². The minimum atomic E-state index is 0.575. The number of thioether (sulfide) groups is 1. The summed E-state index contributed by atoms with van der Waals surface area (Å²) in [6.07, 6.45) is 4.69. The van der Waals surface area contributed by atoms with E-state index in [1.165, 1.54) is 17.9 Å². The summed E-state index contributed by atoms with van der Waals surface area (Å²) in [5.41, 5.74) is 0.575. The molecule has 2 rings (SSSR count). The van der Waals surface area contributed by atoms with Crippen LogP contribution in [0.25, 0.3) is 0 Å². The fraction of sp³-hybridized carbons (Fsp3) is 0.889. The van der Waals surface area contributed by atoms with Crippen LogP contribution in [0.3, 0.4) is 0 Å². The third-order valence-corrected chi connectivity index (χ3v) is 3.89. The zero-order chi connectivity index (χ0) is 8.06. The molecular formula is C9H15NS. The zero-order valence-electron chi connectivity index (χ0n) is 7.42. The predicted octanol–water partition coefficient (Wildman–Crippen LogP) is 2.57. The van der Waals surface area contributed by atoms with E-state index in [4.69, 9.17) is 0 Å². The van der Waals surface area contributed by atoms with Crippen LogP contribution < -0.4 is 0 Å². The molecule has 1 aliphatic carbocycles. The molecule has 2 heteroatoms. The quantitative estimate of drug-likeness (QED) is 0.543. The van der Waals surface area contributed by atoms with Gasteiger partial charge in [-0.25, -0.2) is 0 Å². The molecule has 0 aromatic carbocycles. The number of fused-ring (bicyclic) bond motifs is 1. The van der Waals surface area contributed by atoms with Crippen LogP contribution in [0.1, 0.15) is 26.7 Å². The Kier molecular flexibility index (Phi) is 1.57. The first-order valence-electron chi connectivity index (χ1n) is 4.24. The molecule has 0 N–H and O–H groups in total. The Balaban J connectivity index is 2.07. The summed E-state index contributed by atoms with van der Waals surface area (Å²) in [5.74, 6) is 0.866. The summed E-state index contributed by atoms with van der Waals surface area (Å²) >= 11 is 1.83. The SMILES string of the molecule is CSC1=N[C@@H]2CC(C)(C)[C@@H]2C1. The molecule has 11 heavy (non-hydrogen) atoms. The van der Waals surface area contributed by atoms with Crippen LogP contribution in [0.2, 0.25) is 0 Å². The van der Waals surface area contributed by atoms with E-state index in [2.05, 4.69) is 25.1 Å². The van der Waals surface area contributed by atoms with E-state index in [1.54, 1.807) is 0 Å². The lowest BCUT2D eigenvalue weighted by molar-refractivity contribution is 0.0604. The van der Waals surface area contributed by atoms with Crippen LogP contribution in [-0.2, 0) is 0 Å². The van der Waals surface area contributed by atoms with Gasteiger partial charge >= 0.3 is 0 Å². The van der Waals surface area contributed by atoms with Gasteiger partial charge in [0.1, 0.15) is 0 Å². The normalized spacial score (nSPS) is 39.4. The number of rotatable bonds is 0. The Morgan fingerprint density at radius 2 is 2.27 bits per heavy atom. The van der Waals surface area contributed by atoms with Crippen LogP contribution >= 0.6 is 11.8 Å². The highest BCUT2D eigenvalue weighted by Gasteiger charge is 2.50. The van der Waals surface area contributed by atoms with Gasteiger partial charge in [0.2, 0.25) is 0 Å². The molecule has 1 heterocycles. The molecule has 1 aliphatic heterocycles. The predicted molar refractivity (Wildman–Crippen MR) is 51.2 cm³/mol. The van der Waals surface area contributed by atoms with Gasteiger partial charge in [-0.3, -0.25) is 4.99 Å². The zero-order valence-corrected chi connectivity index (χ0v) is 8.24. The molecule has 0 amide bonds. The van der Waals surface area contributed by atoms with Gasteiger partial charge in [0.25, 0.3) is 0 Å². The van der Waals surface area contributed by atoms with Crippen molar-refractivity contribution < 1.29 is 0 Å². The lowest BCUT2D eigenvalue weighted by Crippen LogP contribution is -2.44. The third-order valence-electron chi connectivity index (χ3n) is 3.14. The summed E-state index contributed by atoms with van der Waals surface area (Å²) in [4.78, 5) is 4.65. The molecule has 1 nitrogen and oxygen atoms in total. The number of hydrogen-bond acceptors (Lipinski definition) is 2. The van der Waals surface area contributed by atoms with Crippen molar-refractivity contribution in [1.82, 2.24) is 0 Å². The molecule has 0 radical (unpaired) electrons. The average Bonchev–Trinajstić information content (AvgIpc) is 2.27. The maximum absolute atomic E-state index is 4.65. The van der Waals surface area contributed by atoms with Gasteiger partial charge in [-0.1, -0.05) is 13.8 Å². The largest absolute Gasteiger partial charge is 0.279 e. The molecule has 1 saturated carbocycles. The first kappa shape index (κ1) is 7.66. The summed E-state index contributed by atoms with van der Waals surface area (Å²) in [7, 11) is 0. The van der Waals surface area contributed by atoms with Crippen LogP contribution in [0.5, 0.6) is 0 Å². The Hall–Kier alpha value is 0.0200. The lowest BCUT2D eigenvalue weighted by atomic mass is 9.59. The van der Waals surface area contributed by atoms with E-state index in [0.717, 1.165) is 5.92 Å². The van der Waals surface area contributed by atoms with Crippen molar-refractivity contribution in [3.05, 3.63) is 0 Å². The molecule has 0 bridgehead atoms. The highest BCUT2D eigenvalue weighted by atomic mass is 32.2. The van der Waals surface area contributed by atoms with E-state index in [1.807, 2.05) is 11.8 Å². The minimum Gasteiger partial charge on any atom is -0.279 e. The number of aliphatic imine (C=N–C) groups is 1. The summed E-state index contributed by atoms with van der Waals surface area (Å²) in [6, 6.07) is 0.687. The molecule has 0 unspecified atom stereocenters. The highest BCUT2D eigenvalue weighted by Crippen LogP contribution is 2.53. The van der Waals surface area contributed by atoms with Crippen molar-refractivity contribution in [2.24, 2.45) is 16.3 Å². The van der Waals surface area contributed by atoms with Gasteiger partial charge in [0, 0.05) is 6.42 Å². The standard InChI is InChI=1S/C9H15NS/c1-9(2)5-7-6(9)4-8(10-7)11-3/h6-7H,4-5H2,1-3H3/t6-,7-/m1/s1. The number of nitrogens with zero attached hydrogens (tertiary/aromatic N) is 1. The van der Waals surface area contributed by atoms with Gasteiger partial charge in [0.05, 0.1) is 11.1 Å². The Labute approximate surface area is 72.7 Å². The molecule has 62 valence electrons. The second kappa shape index (κ2) is 2.25. The maximum atomic E-state index is 4.65. The minimum absolute atomic E-state index is 0.575. The summed E-state index contributed by atoms with van der Waals surface area (Å²) < 4.78 is 0. The number of hydrogen-bond donors (Lipinski definition) is 0. The van der Waals surface area contributed by atoms with Crippen LogP contribution in [0, 0.1) is 11.3 Å². The molecule has 2 atom stereocenters. The van der Waals surface area contributed by atoms with E-state index >= 15 is 0 Å². The van der Waals surface area contributed by atoms with E-state index in [-0.39, 0.29) is 0 Å². The summed E-state index contributed by atoms with van der Waals surface area (Å²) in [5, 5.41) is 1.38. The van der Waals surface area contributed by atoms with Gasteiger partial charge in [-0.2, -0.15) is 0 Å². The molecular weight excluding hydrogens is 154 g/mol. The third kappa shape index (κ3) is 1.03. The van der Waals surface area contributed by atoms with Gasteiger partial charge in [-0.05, 0) is 24.0 Å². The highest BCUT2D eigenvalue weighted by molar-refractivity contribution is 8.13. The molecule has 0 aromatic rings. The Bertz CT molecular complexity index is 208. The maximum Gasteiger partial charge on any atom is 0.0680 e. The monoisotopic (exact) mass is 169 g/mol. The van der Waals surface area contributed by atoms with Crippen molar-refractivity contribution in [3.8, 4) is 0 Å². The first-order chi connectivity index (χ1) is 5.13. The fourth-order valence-electron chi connectivity index (χ4n) is 2.30. The molecule has 0 saturated heterocycles. The fourth-order valence-corrected chi connectivity index (χ4v) is 2.89. The molecule has 0 spiro atoms. The van der Waals surface area contributed by atoms with Crippen molar-refractivity contribution in [2.45, 2.75) is 32.7 Å². The van der Waals surface area contributed by atoms with Gasteiger partial charge in [0.15, 0.2) is 0 Å². The van der Waals surface area contributed by atoms with E-state index in [9.17, 15) is 0 Å². The van der Waals surface area contributed by atoms with Gasteiger partial charge in [-0.15, -0.1) is 11.8 Å². The van der Waals surface area contributed by atoms with Crippen LogP contribution in [0.15, 0.2) is 4.99 Å². The smallest absolute Gasteiger partial charge is 0.0680 e. The second-order valence-electron chi connectivity index (χ2n) is 4.30. The first-order valence-corrected chi connectivity index (χ1v) is 5.46. The average molecular weight is 169 g/mol. The van der Waals surface area contributed by atoms with E-state index in [0.29, 0.717) is 11.5 Å². The Morgan fingerprint density at radius 1 is 1.55 bits per heavy atom. The van der Waals surface area contributed by atoms with Gasteiger partial charge < -0.3 is 0 Å². The molecule has 0 aromatic heterocycles. The summed E-state index contributed by atoms with van der Waals surface area (Å²) in [6.45, 7) is 4.74. The molecule has 2 aliphatic rings. The lowest BCUT2D eigenvalue weighted by Gasteiger charge is -2.46. The van der Waals surface area contributed by atoms with Crippen molar-refractivity contribution >= 4 is 16.8 Å².